The highest BCUT2D eigenvalue weighted by atomic mass is 16.5. The molecule has 0 radical (unpaired) electrons. The standard InChI is InChI=1S/C9H10O3.C7H6O2/c1-11-8-4-3-7(6-10)5-9(8)12-2;8-5-6-2-1-3-7(9)4-6/h3-6H,1-2H3;1-5,9H. The van der Waals surface area contributed by atoms with Gasteiger partial charge in [0.15, 0.2) is 11.5 Å². The summed E-state index contributed by atoms with van der Waals surface area (Å²) in [6.45, 7) is 0. The first kappa shape index (κ1) is 16.2. The van der Waals surface area contributed by atoms with Crippen molar-refractivity contribution in [1.29, 1.82) is 0 Å². The molecule has 110 valence electrons. The predicted molar refractivity (Wildman–Crippen MR) is 78.4 cm³/mol. The van der Waals surface area contributed by atoms with E-state index < -0.39 is 0 Å². The molecule has 1 N–H and O–H groups in total. The van der Waals surface area contributed by atoms with E-state index in [9.17, 15) is 9.59 Å². The van der Waals surface area contributed by atoms with Crippen molar-refractivity contribution >= 4 is 12.6 Å². The Balaban J connectivity index is 0.000000219. The molecule has 0 aliphatic carbocycles. The van der Waals surface area contributed by atoms with Crippen molar-refractivity contribution in [2.75, 3.05) is 14.2 Å². The zero-order valence-electron chi connectivity index (χ0n) is 11.8. The van der Waals surface area contributed by atoms with Gasteiger partial charge in [-0.3, -0.25) is 9.59 Å². The van der Waals surface area contributed by atoms with E-state index in [1.807, 2.05) is 0 Å². The van der Waals surface area contributed by atoms with Gasteiger partial charge in [0.1, 0.15) is 18.3 Å². The van der Waals surface area contributed by atoms with Crippen LogP contribution in [0.3, 0.4) is 0 Å². The third-order valence-corrected chi connectivity index (χ3v) is 2.55. The second-order valence-corrected chi connectivity index (χ2v) is 3.95. The van der Waals surface area contributed by atoms with Crippen molar-refractivity contribution in [2.24, 2.45) is 0 Å². The number of methoxy groups -OCH3 is 2. The maximum absolute atomic E-state index is 10.4. The summed E-state index contributed by atoms with van der Waals surface area (Å²) in [6.07, 6.45) is 1.46. The third-order valence-electron chi connectivity index (χ3n) is 2.55. The van der Waals surface area contributed by atoms with Gasteiger partial charge in [-0.15, -0.1) is 0 Å². The SMILES string of the molecule is COc1ccc(C=O)cc1OC.O=Cc1cccc(O)c1. The van der Waals surface area contributed by atoms with E-state index in [1.165, 1.54) is 19.2 Å². The topological polar surface area (TPSA) is 72.8 Å². The highest BCUT2D eigenvalue weighted by molar-refractivity contribution is 5.76. The Morgan fingerprint density at radius 2 is 1.48 bits per heavy atom. The van der Waals surface area contributed by atoms with Crippen molar-refractivity contribution in [3.8, 4) is 17.2 Å². The summed E-state index contributed by atoms with van der Waals surface area (Å²) in [4.78, 5) is 20.4. The summed E-state index contributed by atoms with van der Waals surface area (Å²) in [5.41, 5.74) is 1.07. The molecule has 0 aromatic heterocycles. The fourth-order valence-corrected chi connectivity index (χ4v) is 1.52. The first-order valence-electron chi connectivity index (χ1n) is 6.06. The smallest absolute Gasteiger partial charge is 0.161 e. The number of benzene rings is 2. The number of hydrogen-bond acceptors (Lipinski definition) is 5. The first-order valence-corrected chi connectivity index (χ1v) is 6.06. The normalized spacial score (nSPS) is 9.05. The van der Waals surface area contributed by atoms with Crippen LogP contribution in [0.1, 0.15) is 20.7 Å². The molecule has 0 aliphatic heterocycles. The van der Waals surface area contributed by atoms with Gasteiger partial charge in [0, 0.05) is 11.1 Å². The van der Waals surface area contributed by atoms with E-state index in [0.29, 0.717) is 28.9 Å². The Kier molecular flexibility index (Phi) is 6.47. The summed E-state index contributed by atoms with van der Waals surface area (Å²) in [5.74, 6) is 1.32. The molecule has 2 aromatic carbocycles. The molecule has 0 aliphatic rings. The van der Waals surface area contributed by atoms with Crippen molar-refractivity contribution in [3.05, 3.63) is 53.6 Å². The lowest BCUT2D eigenvalue weighted by Gasteiger charge is -2.06. The Labute approximate surface area is 122 Å². The fraction of sp³-hybridized carbons (Fsp3) is 0.125. The Morgan fingerprint density at radius 3 is 1.95 bits per heavy atom. The Bertz CT molecular complexity index is 607. The number of aromatic hydroxyl groups is 1. The first-order chi connectivity index (χ1) is 10.1. The van der Waals surface area contributed by atoms with Crippen LogP contribution < -0.4 is 9.47 Å². The number of carbonyl (C=O) groups is 2. The lowest BCUT2D eigenvalue weighted by Crippen LogP contribution is -1.91. The van der Waals surface area contributed by atoms with E-state index in [0.717, 1.165) is 6.29 Å². The van der Waals surface area contributed by atoms with Gasteiger partial charge in [0.25, 0.3) is 0 Å². The second-order valence-electron chi connectivity index (χ2n) is 3.95. The van der Waals surface area contributed by atoms with Crippen molar-refractivity contribution in [1.82, 2.24) is 0 Å². The van der Waals surface area contributed by atoms with E-state index >= 15 is 0 Å². The van der Waals surface area contributed by atoms with Crippen LogP contribution in [0.15, 0.2) is 42.5 Å². The van der Waals surface area contributed by atoms with Crippen LogP contribution in [0.5, 0.6) is 17.2 Å². The van der Waals surface area contributed by atoms with Gasteiger partial charge in [0.2, 0.25) is 0 Å². The van der Waals surface area contributed by atoms with Crippen LogP contribution in [0, 0.1) is 0 Å². The molecular formula is C16H16O5. The molecule has 2 rings (SSSR count). The molecule has 0 heterocycles. The number of ether oxygens (including phenoxy) is 2. The van der Waals surface area contributed by atoms with Crippen LogP contribution in [0.4, 0.5) is 0 Å². The molecule has 21 heavy (non-hydrogen) atoms. The molecule has 0 fully saturated rings. The lowest BCUT2D eigenvalue weighted by atomic mass is 10.2. The van der Waals surface area contributed by atoms with E-state index in [-0.39, 0.29) is 5.75 Å². The van der Waals surface area contributed by atoms with Crippen LogP contribution in [0.2, 0.25) is 0 Å². The maximum atomic E-state index is 10.4. The summed E-state index contributed by atoms with van der Waals surface area (Å²) in [5, 5.41) is 8.79. The van der Waals surface area contributed by atoms with Crippen molar-refractivity contribution in [2.45, 2.75) is 0 Å². The predicted octanol–water partition coefficient (Wildman–Crippen LogP) is 2.72. The molecule has 0 atom stereocenters. The highest BCUT2D eigenvalue weighted by Crippen LogP contribution is 2.26. The Hall–Kier alpha value is -2.82. The fourth-order valence-electron chi connectivity index (χ4n) is 1.52. The van der Waals surface area contributed by atoms with Gasteiger partial charge >= 0.3 is 0 Å². The minimum absolute atomic E-state index is 0.125. The molecule has 0 amide bonds. The molecule has 5 heteroatoms. The van der Waals surface area contributed by atoms with Gasteiger partial charge in [-0.05, 0) is 30.3 Å². The van der Waals surface area contributed by atoms with E-state index in [4.69, 9.17) is 14.6 Å². The highest BCUT2D eigenvalue weighted by Gasteiger charge is 2.02. The zero-order valence-corrected chi connectivity index (χ0v) is 11.8. The van der Waals surface area contributed by atoms with Crippen LogP contribution in [-0.4, -0.2) is 31.9 Å². The van der Waals surface area contributed by atoms with Crippen LogP contribution in [0.25, 0.3) is 0 Å². The average molecular weight is 288 g/mol. The van der Waals surface area contributed by atoms with E-state index in [2.05, 4.69) is 0 Å². The van der Waals surface area contributed by atoms with Crippen LogP contribution >= 0.6 is 0 Å². The van der Waals surface area contributed by atoms with Gasteiger partial charge in [-0.25, -0.2) is 0 Å². The van der Waals surface area contributed by atoms with Crippen molar-refractivity contribution < 1.29 is 24.2 Å². The number of phenols is 1. The maximum Gasteiger partial charge on any atom is 0.161 e. The van der Waals surface area contributed by atoms with E-state index in [1.54, 1.807) is 37.4 Å². The van der Waals surface area contributed by atoms with Crippen LogP contribution in [-0.2, 0) is 0 Å². The molecule has 0 saturated heterocycles. The molecule has 0 saturated carbocycles. The Morgan fingerprint density at radius 1 is 0.857 bits per heavy atom. The number of phenolic OH excluding ortho intramolecular Hbond substituents is 1. The molecule has 0 spiro atoms. The largest absolute Gasteiger partial charge is 0.508 e. The molecule has 5 nitrogen and oxygen atoms in total. The summed E-state index contributed by atoms with van der Waals surface area (Å²) < 4.78 is 9.99. The van der Waals surface area contributed by atoms with Gasteiger partial charge in [-0.1, -0.05) is 12.1 Å². The number of rotatable bonds is 4. The number of carbonyl (C=O) groups excluding carboxylic acids is 2. The molecular weight excluding hydrogens is 272 g/mol. The number of hydrogen-bond donors (Lipinski definition) is 1. The molecule has 2 aromatic rings. The summed E-state index contributed by atoms with van der Waals surface area (Å²) >= 11 is 0. The van der Waals surface area contributed by atoms with Gasteiger partial charge in [-0.2, -0.15) is 0 Å². The van der Waals surface area contributed by atoms with Gasteiger partial charge < -0.3 is 14.6 Å². The molecule has 0 bridgehead atoms. The minimum atomic E-state index is 0.125. The van der Waals surface area contributed by atoms with Crippen molar-refractivity contribution in [3.63, 3.8) is 0 Å². The number of aldehydes is 2. The summed E-state index contributed by atoms with van der Waals surface area (Å²) in [6, 6.07) is 11.2. The zero-order chi connectivity index (χ0) is 15.7. The quantitative estimate of drug-likeness (QED) is 0.876. The third kappa shape index (κ3) is 4.99. The second kappa shape index (κ2) is 8.37. The molecule has 0 unspecified atom stereocenters. The minimum Gasteiger partial charge on any atom is -0.508 e. The van der Waals surface area contributed by atoms with Gasteiger partial charge in [0.05, 0.1) is 14.2 Å². The lowest BCUT2D eigenvalue weighted by molar-refractivity contribution is 0.111. The average Bonchev–Trinajstić information content (AvgIpc) is 2.54. The monoisotopic (exact) mass is 288 g/mol. The summed E-state index contributed by atoms with van der Waals surface area (Å²) in [7, 11) is 3.09.